The Hall–Kier alpha value is -5.54. The van der Waals surface area contributed by atoms with E-state index in [1.807, 2.05) is 0 Å². The third-order valence-corrected chi connectivity index (χ3v) is 13.4. The van der Waals surface area contributed by atoms with Crippen molar-refractivity contribution in [2.75, 3.05) is 44.6 Å². The number of nitrogen functional groups attached to an aromatic ring is 3. The van der Waals surface area contributed by atoms with Crippen LogP contribution in [0.2, 0.25) is 0 Å². The van der Waals surface area contributed by atoms with Crippen LogP contribution < -0.4 is 22.9 Å². The van der Waals surface area contributed by atoms with Crippen LogP contribution in [0.25, 0.3) is 33.5 Å². The van der Waals surface area contributed by atoms with Gasteiger partial charge in [0, 0.05) is 20.6 Å². The van der Waals surface area contributed by atoms with Gasteiger partial charge in [-0.25, -0.2) is 54.0 Å². The molecule has 68 heavy (non-hydrogen) atoms. The number of aliphatic hydroxyl groups is 2. The molecule has 1 amide bonds. The number of aromatic nitrogens is 12. The molecule has 0 spiro atoms. The molecule has 12 N–H and O–H groups in total. The number of amides is 1. The minimum atomic E-state index is -5.23. The van der Waals surface area contributed by atoms with Crippen molar-refractivity contribution >= 4 is 72.5 Å². The van der Waals surface area contributed by atoms with Crippen LogP contribution in [0.3, 0.4) is 0 Å². The van der Waals surface area contributed by atoms with Crippen LogP contribution >= 0.6 is 15.6 Å². The van der Waals surface area contributed by atoms with Gasteiger partial charge in [0.1, 0.15) is 84.4 Å². The molecule has 2 unspecified atom stereocenters. The standard InChI is InChI=1S/C34H44N16O16P2/c1-58-22-13(3-4-16(35)51)62-33(49-11-46-18-27(37)40-8-43-30(18)49)24(22)65-68(56,57)61-6-15-23(59-2)25(34(64-15)50-12-47-19-28(38)41-9-44-31(19)50)66-67(54,55)60-5-14-20(52)21(53)32(63-14)48-10-45-17-26(36)39-7-42-29(17)48/h7-15,20-25,32-34,52-53H,3-6H2,1-2H3,(H2,35,51)(H,54,55)(H,56,57)(H2,36,39,42)(H2,37,40,43)(H2,38,41,44)/t13-,14-,15-,20-,21-,22-,23-,24-,25-,32-,33-,34-/m1/s1. The summed E-state index contributed by atoms with van der Waals surface area (Å²) in [5.74, 6) is -0.558. The van der Waals surface area contributed by atoms with Gasteiger partial charge in [0.05, 0.1) is 38.3 Å². The molecule has 0 saturated carbocycles. The normalized spacial score (nSPS) is 30.4. The van der Waals surface area contributed by atoms with Gasteiger partial charge in [-0.1, -0.05) is 0 Å². The summed E-state index contributed by atoms with van der Waals surface area (Å²) in [6.07, 6.45) is -9.28. The molecule has 9 heterocycles. The highest BCUT2D eigenvalue weighted by molar-refractivity contribution is 7.47. The second-order valence-electron chi connectivity index (χ2n) is 15.5. The van der Waals surface area contributed by atoms with Crippen molar-refractivity contribution in [1.29, 1.82) is 0 Å². The number of ether oxygens (including phenoxy) is 5. The van der Waals surface area contributed by atoms with E-state index < -0.39 is 108 Å². The number of hydrogen-bond acceptors (Lipinski definition) is 26. The molecule has 3 aliphatic rings. The number of carbonyl (C=O) groups is 1. The van der Waals surface area contributed by atoms with Crippen molar-refractivity contribution in [3.05, 3.63) is 38.0 Å². The monoisotopic (exact) mass is 994 g/mol. The summed E-state index contributed by atoms with van der Waals surface area (Å²) < 4.78 is 83.8. The lowest BCUT2D eigenvalue weighted by Crippen LogP contribution is -2.38. The van der Waals surface area contributed by atoms with Gasteiger partial charge in [-0.2, -0.15) is 0 Å². The second-order valence-corrected chi connectivity index (χ2v) is 18.3. The number of primary amides is 1. The fraction of sp³-hybridized carbons (Fsp3) is 0.529. The summed E-state index contributed by atoms with van der Waals surface area (Å²) in [5.41, 5.74) is 24.3. The number of nitrogens with two attached hydrogens (primary N) is 4. The van der Waals surface area contributed by atoms with Gasteiger partial charge in [-0.15, -0.1) is 0 Å². The topological polar surface area (TPSA) is 450 Å². The Balaban J connectivity index is 0.938. The van der Waals surface area contributed by atoms with Crippen LogP contribution in [-0.2, 0) is 55.7 Å². The van der Waals surface area contributed by atoms with Gasteiger partial charge >= 0.3 is 15.6 Å². The Kier molecular flexibility index (Phi) is 13.1. The minimum absolute atomic E-state index is 0.0165. The molecule has 0 aromatic carbocycles. The number of phosphoric ester groups is 2. The molecule has 3 aliphatic heterocycles. The largest absolute Gasteiger partial charge is 0.472 e. The highest BCUT2D eigenvalue weighted by Gasteiger charge is 2.54. The molecule has 0 radical (unpaired) electrons. The van der Waals surface area contributed by atoms with E-state index in [0.717, 1.165) is 6.33 Å². The van der Waals surface area contributed by atoms with Crippen molar-refractivity contribution in [2.24, 2.45) is 5.73 Å². The third-order valence-electron chi connectivity index (χ3n) is 11.4. The summed E-state index contributed by atoms with van der Waals surface area (Å²) in [4.78, 5) is 71.2. The van der Waals surface area contributed by atoms with E-state index >= 15 is 0 Å². The predicted octanol–water partition coefficient (Wildman–Crippen LogP) is -2.03. The maximum absolute atomic E-state index is 14.0. The number of phosphoric acid groups is 2. The van der Waals surface area contributed by atoms with Crippen molar-refractivity contribution in [3.8, 4) is 0 Å². The van der Waals surface area contributed by atoms with E-state index in [1.54, 1.807) is 0 Å². The first-order valence-electron chi connectivity index (χ1n) is 20.3. The molecular formula is C34H44N16O16P2. The van der Waals surface area contributed by atoms with Crippen molar-refractivity contribution in [3.63, 3.8) is 0 Å². The van der Waals surface area contributed by atoms with Crippen molar-refractivity contribution < 1.29 is 75.7 Å². The zero-order chi connectivity index (χ0) is 48.2. The first-order chi connectivity index (χ1) is 32.5. The number of imidazole rings is 3. The van der Waals surface area contributed by atoms with E-state index in [2.05, 4.69) is 44.9 Å². The van der Waals surface area contributed by atoms with E-state index in [-0.39, 0.29) is 63.8 Å². The van der Waals surface area contributed by atoms with Crippen molar-refractivity contribution in [1.82, 2.24) is 58.6 Å². The van der Waals surface area contributed by atoms with Crippen LogP contribution in [0, 0.1) is 0 Å². The summed E-state index contributed by atoms with van der Waals surface area (Å²) in [7, 11) is -7.93. The summed E-state index contributed by atoms with van der Waals surface area (Å²) in [5, 5.41) is 21.8. The Morgan fingerprint density at radius 1 is 0.603 bits per heavy atom. The Morgan fingerprint density at radius 2 is 1.00 bits per heavy atom. The van der Waals surface area contributed by atoms with Gasteiger partial charge in [0.15, 0.2) is 53.1 Å². The van der Waals surface area contributed by atoms with E-state index in [4.69, 9.17) is 64.7 Å². The number of rotatable bonds is 18. The lowest BCUT2D eigenvalue weighted by atomic mass is 10.1. The lowest BCUT2D eigenvalue weighted by Gasteiger charge is -2.27. The molecule has 0 aliphatic carbocycles. The Labute approximate surface area is 381 Å². The van der Waals surface area contributed by atoms with E-state index in [0.29, 0.717) is 0 Å². The number of carbonyl (C=O) groups excluding carboxylic acids is 1. The van der Waals surface area contributed by atoms with Crippen LogP contribution in [0.5, 0.6) is 0 Å². The number of aliphatic hydroxyl groups excluding tert-OH is 2. The molecular weight excluding hydrogens is 950 g/mol. The SMILES string of the molecule is CO[C@H]1[C@@H](OP(=O)(O)OC[C@H]2O[C@@H](n3cnc4c(N)ncnc43)[C@H](OP(=O)(O)OC[C@H]3O[C@@H](n4cnc5c(N)ncnc54)[C@H](O)[C@@H]3O)[C@@H]2OC)[C@H](n2cnc3c(N)ncnc32)O[C@@H]1CCC(N)=O. The summed E-state index contributed by atoms with van der Waals surface area (Å²) in [6, 6.07) is 0. The Morgan fingerprint density at radius 3 is 1.44 bits per heavy atom. The number of anilines is 3. The minimum Gasteiger partial charge on any atom is -0.387 e. The smallest absolute Gasteiger partial charge is 0.387 e. The second kappa shape index (κ2) is 18.8. The average Bonchev–Trinajstić information content (AvgIpc) is 4.16. The highest BCUT2D eigenvalue weighted by atomic mass is 31.2. The third kappa shape index (κ3) is 8.96. The van der Waals surface area contributed by atoms with Gasteiger partial charge in [0.25, 0.3) is 0 Å². The number of nitrogens with zero attached hydrogens (tertiary/aromatic N) is 12. The molecule has 0 bridgehead atoms. The molecule has 34 heteroatoms. The quantitative estimate of drug-likeness (QED) is 0.0430. The molecule has 6 aromatic heterocycles. The maximum atomic E-state index is 14.0. The number of hydrogen-bond donors (Lipinski definition) is 8. The van der Waals surface area contributed by atoms with E-state index in [1.165, 1.54) is 59.6 Å². The first-order valence-corrected chi connectivity index (χ1v) is 23.2. The molecule has 9 rings (SSSR count). The zero-order valence-electron chi connectivity index (χ0n) is 35.5. The fourth-order valence-corrected chi connectivity index (χ4v) is 10.1. The molecule has 366 valence electrons. The van der Waals surface area contributed by atoms with Crippen molar-refractivity contribution in [2.45, 2.75) is 86.5 Å². The van der Waals surface area contributed by atoms with Crippen LogP contribution in [0.4, 0.5) is 17.5 Å². The Bertz CT molecular complexity index is 2910. The van der Waals surface area contributed by atoms with Gasteiger partial charge in [0.2, 0.25) is 5.91 Å². The molecule has 32 nitrogen and oxygen atoms in total. The first kappa shape index (κ1) is 47.5. The van der Waals surface area contributed by atoms with Gasteiger partial charge < -0.3 is 66.6 Å². The number of fused-ring (bicyclic) bond motifs is 3. The molecule has 3 saturated heterocycles. The molecule has 3 fully saturated rings. The predicted molar refractivity (Wildman–Crippen MR) is 224 cm³/mol. The van der Waals surface area contributed by atoms with Crippen LogP contribution in [0.15, 0.2) is 38.0 Å². The number of methoxy groups -OCH3 is 2. The van der Waals surface area contributed by atoms with E-state index in [9.17, 15) is 33.9 Å². The zero-order valence-corrected chi connectivity index (χ0v) is 37.3. The highest BCUT2D eigenvalue weighted by Crippen LogP contribution is 2.53. The summed E-state index contributed by atoms with van der Waals surface area (Å²) in [6.45, 7) is -1.59. The molecule has 6 aromatic rings. The fourth-order valence-electron chi connectivity index (χ4n) is 8.28. The van der Waals surface area contributed by atoms with Crippen LogP contribution in [0.1, 0.15) is 31.5 Å². The van der Waals surface area contributed by atoms with Crippen LogP contribution in [-0.4, -0.2) is 167 Å². The maximum Gasteiger partial charge on any atom is 0.472 e. The van der Waals surface area contributed by atoms with Gasteiger partial charge in [-0.05, 0) is 6.42 Å². The average molecular weight is 995 g/mol. The lowest BCUT2D eigenvalue weighted by molar-refractivity contribution is -0.119. The summed E-state index contributed by atoms with van der Waals surface area (Å²) >= 11 is 0. The van der Waals surface area contributed by atoms with Gasteiger partial charge in [-0.3, -0.25) is 36.6 Å². The molecule has 14 atom stereocenters.